The highest BCUT2D eigenvalue weighted by molar-refractivity contribution is 6.76. The third-order valence-corrected chi connectivity index (χ3v) is 8.37. The van der Waals surface area contributed by atoms with E-state index in [0.717, 1.165) is 42.7 Å². The number of hydrogen-bond acceptors (Lipinski definition) is 4. The van der Waals surface area contributed by atoms with Gasteiger partial charge in [0.05, 0.1) is 5.69 Å². The maximum Gasteiger partial charge on any atom is 0.228 e. The Morgan fingerprint density at radius 1 is 1.23 bits per heavy atom. The summed E-state index contributed by atoms with van der Waals surface area (Å²) in [6, 6.07) is 7.03. The van der Waals surface area contributed by atoms with Crippen LogP contribution in [-0.4, -0.2) is 41.9 Å². The van der Waals surface area contributed by atoms with Gasteiger partial charge in [-0.15, -0.1) is 0 Å². The molecule has 1 unspecified atom stereocenters. The highest BCUT2D eigenvalue weighted by atomic mass is 28.3. The Balaban J connectivity index is 1.52. The Labute approximate surface area is 180 Å². The van der Waals surface area contributed by atoms with Crippen LogP contribution >= 0.6 is 0 Å². The lowest BCUT2D eigenvalue weighted by molar-refractivity contribution is -0.121. The average Bonchev–Trinajstić information content (AvgIpc) is 3.32. The van der Waals surface area contributed by atoms with Crippen LogP contribution in [0.1, 0.15) is 32.6 Å². The Bertz CT molecular complexity index is 886. The molecule has 2 aromatic rings. The molecule has 1 saturated heterocycles. The molecular weight excluding hydrogens is 392 g/mol. The van der Waals surface area contributed by atoms with Gasteiger partial charge in [-0.25, -0.2) is 4.68 Å². The SMILES string of the molecule is CC1(C2CCN(c3cc(-c4ccncc4)nn3COCC[Si](C)(C)C)C(=O)C2)CC1. The van der Waals surface area contributed by atoms with E-state index in [4.69, 9.17) is 9.84 Å². The lowest BCUT2D eigenvalue weighted by Crippen LogP contribution is -2.42. The molecule has 2 aromatic heterocycles. The normalized spacial score (nSPS) is 21.1. The van der Waals surface area contributed by atoms with Crippen LogP contribution in [0.25, 0.3) is 11.3 Å². The predicted octanol–water partition coefficient (Wildman–Crippen LogP) is 4.80. The first-order chi connectivity index (χ1) is 14.3. The number of aromatic nitrogens is 3. The molecular formula is C23H34N4O2Si. The van der Waals surface area contributed by atoms with Gasteiger partial charge in [-0.05, 0) is 48.8 Å². The van der Waals surface area contributed by atoms with Crippen LogP contribution in [0.5, 0.6) is 0 Å². The Morgan fingerprint density at radius 2 is 1.97 bits per heavy atom. The summed E-state index contributed by atoms with van der Waals surface area (Å²) < 4.78 is 7.84. The number of pyridine rings is 1. The van der Waals surface area contributed by atoms with Crippen LogP contribution in [-0.2, 0) is 16.3 Å². The fraction of sp³-hybridized carbons (Fsp3) is 0.609. The van der Waals surface area contributed by atoms with Crippen molar-refractivity contribution in [1.29, 1.82) is 0 Å². The second-order valence-electron chi connectivity index (χ2n) is 10.4. The molecule has 0 aromatic carbocycles. The van der Waals surface area contributed by atoms with Gasteiger partial charge >= 0.3 is 0 Å². The minimum absolute atomic E-state index is 0.212. The van der Waals surface area contributed by atoms with E-state index in [0.29, 0.717) is 24.5 Å². The minimum Gasteiger partial charge on any atom is -0.359 e. The van der Waals surface area contributed by atoms with Gasteiger partial charge in [0.2, 0.25) is 5.91 Å². The summed E-state index contributed by atoms with van der Waals surface area (Å²) >= 11 is 0. The van der Waals surface area contributed by atoms with Crippen LogP contribution in [0, 0.1) is 11.3 Å². The molecule has 162 valence electrons. The lowest BCUT2D eigenvalue weighted by atomic mass is 9.82. The van der Waals surface area contributed by atoms with Crippen molar-refractivity contribution in [3.63, 3.8) is 0 Å². The van der Waals surface area contributed by atoms with Gasteiger partial charge < -0.3 is 4.74 Å². The first kappa shape index (κ1) is 21.2. The van der Waals surface area contributed by atoms with Crippen molar-refractivity contribution in [3.8, 4) is 11.3 Å². The Hall–Kier alpha value is -1.99. The average molecular weight is 427 g/mol. The number of rotatable bonds is 8. The molecule has 1 saturated carbocycles. The number of ether oxygens (including phenoxy) is 1. The van der Waals surface area contributed by atoms with Crippen molar-refractivity contribution in [2.45, 2.75) is 65.0 Å². The van der Waals surface area contributed by atoms with E-state index < -0.39 is 8.07 Å². The molecule has 0 spiro atoms. The van der Waals surface area contributed by atoms with Gasteiger partial charge in [0.25, 0.3) is 0 Å². The Kier molecular flexibility index (Phi) is 5.85. The van der Waals surface area contributed by atoms with E-state index in [1.165, 1.54) is 12.8 Å². The topological polar surface area (TPSA) is 60.3 Å². The third kappa shape index (κ3) is 4.83. The molecule has 2 fully saturated rings. The quantitative estimate of drug-likeness (QED) is 0.449. The number of carbonyl (C=O) groups excluding carboxylic acids is 1. The van der Waals surface area contributed by atoms with E-state index in [1.54, 1.807) is 12.4 Å². The molecule has 0 bridgehead atoms. The van der Waals surface area contributed by atoms with E-state index in [1.807, 2.05) is 27.8 Å². The lowest BCUT2D eigenvalue weighted by Gasteiger charge is -2.34. The van der Waals surface area contributed by atoms with Crippen LogP contribution in [0.15, 0.2) is 30.6 Å². The number of carbonyl (C=O) groups is 1. The minimum atomic E-state index is -1.15. The van der Waals surface area contributed by atoms with Crippen molar-refractivity contribution in [1.82, 2.24) is 14.8 Å². The van der Waals surface area contributed by atoms with Crippen LogP contribution in [0.3, 0.4) is 0 Å². The summed E-state index contributed by atoms with van der Waals surface area (Å²) in [6.07, 6.45) is 7.77. The summed E-state index contributed by atoms with van der Waals surface area (Å²) in [4.78, 5) is 19.1. The summed E-state index contributed by atoms with van der Waals surface area (Å²) in [5, 5.41) is 4.79. The molecule has 1 amide bonds. The maximum atomic E-state index is 13.1. The zero-order chi connectivity index (χ0) is 21.4. The van der Waals surface area contributed by atoms with Crippen molar-refractivity contribution in [3.05, 3.63) is 30.6 Å². The van der Waals surface area contributed by atoms with E-state index in [-0.39, 0.29) is 5.91 Å². The Morgan fingerprint density at radius 3 is 2.60 bits per heavy atom. The highest BCUT2D eigenvalue weighted by Crippen LogP contribution is 2.55. The number of amides is 1. The number of nitrogens with zero attached hydrogens (tertiary/aromatic N) is 4. The van der Waals surface area contributed by atoms with E-state index in [2.05, 4.69) is 31.5 Å². The van der Waals surface area contributed by atoms with Crippen molar-refractivity contribution in [2.24, 2.45) is 11.3 Å². The molecule has 4 rings (SSSR count). The monoisotopic (exact) mass is 426 g/mol. The van der Waals surface area contributed by atoms with Gasteiger partial charge in [-0.1, -0.05) is 26.6 Å². The first-order valence-electron chi connectivity index (χ1n) is 11.1. The molecule has 6 nitrogen and oxygen atoms in total. The number of anilines is 1. The third-order valence-electron chi connectivity index (χ3n) is 6.67. The van der Waals surface area contributed by atoms with Crippen molar-refractivity contribution < 1.29 is 9.53 Å². The van der Waals surface area contributed by atoms with Crippen LogP contribution in [0.2, 0.25) is 25.7 Å². The molecule has 1 aliphatic carbocycles. The molecule has 7 heteroatoms. The molecule has 2 aliphatic rings. The van der Waals surface area contributed by atoms with E-state index in [9.17, 15) is 4.79 Å². The van der Waals surface area contributed by atoms with Crippen LogP contribution < -0.4 is 4.90 Å². The number of piperidine rings is 1. The molecule has 30 heavy (non-hydrogen) atoms. The zero-order valence-electron chi connectivity index (χ0n) is 18.7. The van der Waals surface area contributed by atoms with Gasteiger partial charge in [-0.2, -0.15) is 5.10 Å². The predicted molar refractivity (Wildman–Crippen MR) is 122 cm³/mol. The molecule has 0 radical (unpaired) electrons. The summed E-state index contributed by atoms with van der Waals surface area (Å²) in [7, 11) is -1.15. The van der Waals surface area contributed by atoms with Gasteiger partial charge in [-0.3, -0.25) is 14.7 Å². The molecule has 3 heterocycles. The largest absolute Gasteiger partial charge is 0.359 e. The van der Waals surface area contributed by atoms with Crippen LogP contribution in [0.4, 0.5) is 5.82 Å². The van der Waals surface area contributed by atoms with Gasteiger partial charge in [0.1, 0.15) is 12.5 Å². The van der Waals surface area contributed by atoms with Gasteiger partial charge in [0.15, 0.2) is 0 Å². The number of hydrogen-bond donors (Lipinski definition) is 0. The maximum absolute atomic E-state index is 13.1. The van der Waals surface area contributed by atoms with E-state index >= 15 is 0 Å². The molecule has 1 aliphatic heterocycles. The molecule has 0 N–H and O–H groups in total. The second-order valence-corrected chi connectivity index (χ2v) is 16.0. The van der Waals surface area contributed by atoms with Crippen molar-refractivity contribution >= 4 is 19.8 Å². The fourth-order valence-corrected chi connectivity index (χ4v) is 4.94. The smallest absolute Gasteiger partial charge is 0.228 e. The van der Waals surface area contributed by atoms with Gasteiger partial charge in [0, 0.05) is 51.7 Å². The fourth-order valence-electron chi connectivity index (χ4n) is 4.19. The standard InChI is InChI=1S/C23H34N4O2Si/c1-23(8-9-23)19-7-12-26(22(28)15-19)21-16-20(18-5-10-24-11-6-18)25-27(21)17-29-13-14-30(2,3)4/h5-6,10-11,16,19H,7-9,12-15,17H2,1-4H3. The summed E-state index contributed by atoms with van der Waals surface area (Å²) in [6.45, 7) is 11.2. The highest BCUT2D eigenvalue weighted by Gasteiger charge is 2.47. The molecule has 1 atom stereocenters. The summed E-state index contributed by atoms with van der Waals surface area (Å²) in [5.74, 6) is 1.58. The zero-order valence-corrected chi connectivity index (χ0v) is 19.7. The van der Waals surface area contributed by atoms with Crippen molar-refractivity contribution in [2.75, 3.05) is 18.1 Å². The summed E-state index contributed by atoms with van der Waals surface area (Å²) in [5.41, 5.74) is 2.25. The second kappa shape index (κ2) is 8.27. The first-order valence-corrected chi connectivity index (χ1v) is 14.8.